The SMILES string of the molecule is O=C(OC[C@H]1O[C@@H](Br)[C@H](OC(=O)c2ccc(Br)cc2)[C@@H](OC(=O)c2ccc(Br)cc2)[C@@H]1OC(=O)c1ccc(Br)cc1)c1ccc(Br)cc1. The average Bonchev–Trinajstić information content (AvgIpc) is 3.07. The number of hydrogen-bond donors (Lipinski definition) is 0. The Balaban J connectivity index is 1.49. The number of carbonyl (C=O) groups is 4. The van der Waals surface area contributed by atoms with Crippen molar-refractivity contribution in [3.05, 3.63) is 137 Å². The van der Waals surface area contributed by atoms with E-state index in [-0.39, 0.29) is 22.3 Å². The fourth-order valence-corrected chi connectivity index (χ4v) is 6.30. The maximum absolute atomic E-state index is 13.5. The molecule has 0 aromatic heterocycles. The first kappa shape index (κ1) is 36.4. The van der Waals surface area contributed by atoms with Crippen LogP contribution in [0.4, 0.5) is 0 Å². The van der Waals surface area contributed by atoms with Crippen molar-refractivity contribution in [2.45, 2.75) is 29.4 Å². The van der Waals surface area contributed by atoms with Crippen LogP contribution in [0, 0.1) is 0 Å². The van der Waals surface area contributed by atoms with Crippen LogP contribution in [0.5, 0.6) is 0 Å². The number of alkyl halides is 1. The van der Waals surface area contributed by atoms with Gasteiger partial charge in [-0.05, 0) is 97.1 Å². The van der Waals surface area contributed by atoms with E-state index in [1.807, 2.05) is 0 Å². The Bertz CT molecular complexity index is 1770. The number of benzene rings is 4. The molecule has 1 aliphatic rings. The summed E-state index contributed by atoms with van der Waals surface area (Å²) in [5.74, 6) is -2.98. The Morgan fingerprint density at radius 1 is 0.479 bits per heavy atom. The van der Waals surface area contributed by atoms with Gasteiger partial charge >= 0.3 is 23.9 Å². The topological polar surface area (TPSA) is 114 Å². The average molecular weight is 975 g/mol. The van der Waals surface area contributed by atoms with Gasteiger partial charge in [0, 0.05) is 17.9 Å². The van der Waals surface area contributed by atoms with Crippen molar-refractivity contribution in [2.75, 3.05) is 6.61 Å². The molecule has 1 fully saturated rings. The molecule has 248 valence electrons. The zero-order valence-electron chi connectivity index (χ0n) is 24.4. The van der Waals surface area contributed by atoms with Crippen molar-refractivity contribution in [3.8, 4) is 0 Å². The number of halogens is 5. The van der Waals surface area contributed by atoms with E-state index < -0.39 is 59.9 Å². The molecule has 1 heterocycles. The van der Waals surface area contributed by atoms with Crippen molar-refractivity contribution in [1.82, 2.24) is 0 Å². The summed E-state index contributed by atoms with van der Waals surface area (Å²) in [6.07, 6.45) is -5.32. The predicted octanol–water partition coefficient (Wildman–Crippen LogP) is 8.69. The van der Waals surface area contributed by atoms with Gasteiger partial charge in [0.1, 0.15) is 12.7 Å². The van der Waals surface area contributed by atoms with Crippen LogP contribution in [-0.2, 0) is 23.7 Å². The van der Waals surface area contributed by atoms with Crippen molar-refractivity contribution < 1.29 is 42.9 Å². The number of ether oxygens (including phenoxy) is 5. The summed E-state index contributed by atoms with van der Waals surface area (Å²) >= 11 is 16.8. The van der Waals surface area contributed by atoms with Crippen LogP contribution < -0.4 is 0 Å². The van der Waals surface area contributed by atoms with Gasteiger partial charge in [-0.15, -0.1) is 0 Å². The van der Waals surface area contributed by atoms with Crippen molar-refractivity contribution in [2.24, 2.45) is 0 Å². The van der Waals surface area contributed by atoms with Crippen LogP contribution in [0.2, 0.25) is 0 Å². The van der Waals surface area contributed by atoms with E-state index in [2.05, 4.69) is 79.6 Å². The summed E-state index contributed by atoms with van der Waals surface area (Å²) in [5, 5.41) is -1.08. The fourth-order valence-electron chi connectivity index (χ4n) is 4.56. The van der Waals surface area contributed by atoms with Crippen LogP contribution in [0.15, 0.2) is 115 Å². The van der Waals surface area contributed by atoms with E-state index in [1.54, 1.807) is 97.1 Å². The smallest absolute Gasteiger partial charge is 0.338 e. The summed E-state index contributed by atoms with van der Waals surface area (Å²) < 4.78 is 32.5. The van der Waals surface area contributed by atoms with Gasteiger partial charge < -0.3 is 23.7 Å². The first-order chi connectivity index (χ1) is 23.0. The summed E-state index contributed by atoms with van der Waals surface area (Å²) in [6.45, 7) is -0.408. The molecule has 0 amide bonds. The minimum absolute atomic E-state index is 0.185. The lowest BCUT2D eigenvalue weighted by molar-refractivity contribution is -0.205. The molecule has 0 unspecified atom stereocenters. The second-order valence-corrected chi connectivity index (χ2v) is 14.8. The van der Waals surface area contributed by atoms with E-state index in [0.29, 0.717) is 0 Å². The highest BCUT2D eigenvalue weighted by atomic mass is 79.9. The molecule has 1 aliphatic heterocycles. The maximum atomic E-state index is 13.5. The molecule has 0 saturated carbocycles. The molecule has 0 spiro atoms. The van der Waals surface area contributed by atoms with Crippen LogP contribution in [-0.4, -0.2) is 59.9 Å². The number of carbonyl (C=O) groups excluding carboxylic acids is 4. The number of hydrogen-bond acceptors (Lipinski definition) is 9. The maximum Gasteiger partial charge on any atom is 0.338 e. The third-order valence-electron chi connectivity index (χ3n) is 7.00. The Kier molecular flexibility index (Phi) is 12.7. The quantitative estimate of drug-likeness (QED) is 0.0924. The standard InChI is InChI=1S/C34H23Br5O9/c35-22-9-1-18(2-10-22)31(40)44-17-26-27(46-32(41)19-3-11-23(36)12-4-19)28(47-33(42)20-5-13-24(37)14-6-20)29(30(39)45-26)48-34(43)21-7-15-25(38)16-8-21/h1-16,26-30H,17H2/t26-,27-,28+,29-,30-/m1/s1. The van der Waals surface area contributed by atoms with Gasteiger partial charge in [0.15, 0.2) is 23.3 Å². The molecule has 48 heavy (non-hydrogen) atoms. The largest absolute Gasteiger partial charge is 0.459 e. The van der Waals surface area contributed by atoms with E-state index >= 15 is 0 Å². The number of rotatable bonds is 9. The first-order valence-electron chi connectivity index (χ1n) is 14.1. The Morgan fingerprint density at radius 2 is 0.792 bits per heavy atom. The zero-order chi connectivity index (χ0) is 34.4. The molecule has 0 radical (unpaired) electrons. The van der Waals surface area contributed by atoms with Gasteiger partial charge in [-0.2, -0.15) is 0 Å². The van der Waals surface area contributed by atoms with Crippen LogP contribution in [0.25, 0.3) is 0 Å². The lowest BCUT2D eigenvalue weighted by atomic mass is 9.99. The Labute approximate surface area is 317 Å². The van der Waals surface area contributed by atoms with Gasteiger partial charge in [0.05, 0.1) is 22.3 Å². The molecule has 1 saturated heterocycles. The lowest BCUT2D eigenvalue weighted by Crippen LogP contribution is -2.61. The molecule has 0 aliphatic carbocycles. The molecule has 9 nitrogen and oxygen atoms in total. The van der Waals surface area contributed by atoms with Gasteiger partial charge in [0.2, 0.25) is 0 Å². The fraction of sp³-hybridized carbons (Fsp3) is 0.176. The van der Waals surface area contributed by atoms with Crippen LogP contribution in [0.3, 0.4) is 0 Å². The summed E-state index contributed by atoms with van der Waals surface area (Å²) in [4.78, 5) is 53.3. The van der Waals surface area contributed by atoms with Crippen LogP contribution >= 0.6 is 79.6 Å². The van der Waals surface area contributed by atoms with Crippen molar-refractivity contribution in [3.63, 3.8) is 0 Å². The highest BCUT2D eigenvalue weighted by molar-refractivity contribution is 9.11. The molecule has 0 N–H and O–H groups in total. The lowest BCUT2D eigenvalue weighted by Gasteiger charge is -2.43. The third-order valence-corrected chi connectivity index (χ3v) is 9.86. The summed E-state index contributed by atoms with van der Waals surface area (Å²) in [5.41, 5.74) is 0.855. The van der Waals surface area contributed by atoms with Gasteiger partial charge in [-0.3, -0.25) is 0 Å². The van der Waals surface area contributed by atoms with E-state index in [1.165, 1.54) is 0 Å². The first-order valence-corrected chi connectivity index (χ1v) is 18.2. The minimum atomic E-state index is -1.42. The molecule has 0 bridgehead atoms. The summed E-state index contributed by atoms with van der Waals surface area (Å²) in [6, 6.07) is 25.8. The number of esters is 4. The van der Waals surface area contributed by atoms with Crippen molar-refractivity contribution >= 4 is 104 Å². The van der Waals surface area contributed by atoms with E-state index in [9.17, 15) is 19.2 Å². The van der Waals surface area contributed by atoms with Gasteiger partial charge in [-0.25, -0.2) is 19.2 Å². The molecular weight excluding hydrogens is 952 g/mol. The Hall–Kier alpha value is -2.88. The molecule has 4 aromatic rings. The van der Waals surface area contributed by atoms with Gasteiger partial charge in [-0.1, -0.05) is 79.6 Å². The normalized spacial score (nSPS) is 20.3. The third kappa shape index (κ3) is 9.42. The molecule has 4 aromatic carbocycles. The second-order valence-electron chi connectivity index (χ2n) is 10.3. The predicted molar refractivity (Wildman–Crippen MR) is 192 cm³/mol. The summed E-state index contributed by atoms with van der Waals surface area (Å²) in [7, 11) is 0. The molecule has 14 heteroatoms. The molecule has 5 atom stereocenters. The Morgan fingerprint density at radius 3 is 1.17 bits per heavy atom. The molecule has 5 rings (SSSR count). The van der Waals surface area contributed by atoms with Crippen molar-refractivity contribution in [1.29, 1.82) is 0 Å². The van der Waals surface area contributed by atoms with E-state index in [4.69, 9.17) is 23.7 Å². The van der Waals surface area contributed by atoms with Crippen LogP contribution in [0.1, 0.15) is 41.4 Å². The van der Waals surface area contributed by atoms with Gasteiger partial charge in [0.25, 0.3) is 0 Å². The zero-order valence-corrected chi connectivity index (χ0v) is 32.3. The highest BCUT2D eigenvalue weighted by Crippen LogP contribution is 2.33. The second kappa shape index (κ2) is 16.7. The van der Waals surface area contributed by atoms with E-state index in [0.717, 1.165) is 17.9 Å². The molecular formula is C34H23Br5O9. The minimum Gasteiger partial charge on any atom is -0.459 e. The highest BCUT2D eigenvalue weighted by Gasteiger charge is 2.52. The monoisotopic (exact) mass is 970 g/mol.